The molecule has 1 atom stereocenters. The molecule has 5 heteroatoms. The van der Waals surface area contributed by atoms with Crippen LogP contribution in [0.3, 0.4) is 0 Å². The number of hydrogen-bond donors (Lipinski definition) is 1. The van der Waals surface area contributed by atoms with Gasteiger partial charge in [0.05, 0.1) is 6.04 Å². The molecule has 1 fully saturated rings. The molecular formula is C16H23FN2O2. The van der Waals surface area contributed by atoms with Crippen LogP contribution in [0.25, 0.3) is 0 Å². The predicted octanol–water partition coefficient (Wildman–Crippen LogP) is 3.02. The fraction of sp³-hybridized carbons (Fsp3) is 0.562. The minimum absolute atomic E-state index is 0.130. The Morgan fingerprint density at radius 3 is 2.76 bits per heavy atom. The zero-order chi connectivity index (χ0) is 15.6. The monoisotopic (exact) mass is 294 g/mol. The lowest BCUT2D eigenvalue weighted by Crippen LogP contribution is -2.50. The molecule has 0 radical (unpaired) electrons. The maximum atomic E-state index is 13.3. The van der Waals surface area contributed by atoms with E-state index in [1.807, 2.05) is 27.7 Å². The van der Waals surface area contributed by atoms with E-state index in [2.05, 4.69) is 5.32 Å². The van der Waals surface area contributed by atoms with Crippen molar-refractivity contribution in [2.75, 3.05) is 19.6 Å². The highest BCUT2D eigenvalue weighted by Crippen LogP contribution is 2.27. The average molecular weight is 294 g/mol. The number of carbonyl (C=O) groups is 1. The lowest BCUT2D eigenvalue weighted by Gasteiger charge is -2.38. The quantitative estimate of drug-likeness (QED) is 0.865. The molecule has 116 valence electrons. The number of piperazine rings is 1. The number of nitrogens with zero attached hydrogens (tertiary/aromatic N) is 1. The molecule has 1 N–H and O–H groups in total. The molecule has 1 unspecified atom stereocenters. The molecule has 1 aromatic rings. The minimum Gasteiger partial charge on any atom is -0.444 e. The van der Waals surface area contributed by atoms with E-state index in [1.54, 1.807) is 11.0 Å². The Morgan fingerprint density at radius 2 is 2.14 bits per heavy atom. The van der Waals surface area contributed by atoms with Crippen LogP contribution < -0.4 is 5.32 Å². The molecule has 1 heterocycles. The van der Waals surface area contributed by atoms with Crippen molar-refractivity contribution in [3.05, 3.63) is 35.1 Å². The van der Waals surface area contributed by atoms with Gasteiger partial charge < -0.3 is 10.1 Å². The van der Waals surface area contributed by atoms with E-state index in [9.17, 15) is 9.18 Å². The number of rotatable bonds is 1. The standard InChI is InChI=1S/C16H23FN2O2/c1-11-9-12(17)5-6-13(11)14-10-18-7-8-19(14)15(20)21-16(2,3)4/h5-6,9,14,18H,7-8,10H2,1-4H3. The number of amides is 1. The molecule has 1 amide bonds. The van der Waals surface area contributed by atoms with E-state index in [4.69, 9.17) is 4.74 Å². The maximum absolute atomic E-state index is 13.3. The van der Waals surface area contributed by atoms with Gasteiger partial charge in [-0.15, -0.1) is 0 Å². The smallest absolute Gasteiger partial charge is 0.410 e. The third-order valence-electron chi connectivity index (χ3n) is 3.46. The normalized spacial score (nSPS) is 19.5. The van der Waals surface area contributed by atoms with Crippen molar-refractivity contribution in [2.45, 2.75) is 39.3 Å². The summed E-state index contributed by atoms with van der Waals surface area (Å²) in [5.41, 5.74) is 1.27. The lowest BCUT2D eigenvalue weighted by atomic mass is 9.98. The van der Waals surface area contributed by atoms with Gasteiger partial charge in [-0.1, -0.05) is 6.07 Å². The van der Waals surface area contributed by atoms with Gasteiger partial charge in [0, 0.05) is 19.6 Å². The van der Waals surface area contributed by atoms with E-state index >= 15 is 0 Å². The van der Waals surface area contributed by atoms with Crippen molar-refractivity contribution < 1.29 is 13.9 Å². The summed E-state index contributed by atoms with van der Waals surface area (Å²) in [5.74, 6) is -0.260. The average Bonchev–Trinajstić information content (AvgIpc) is 2.37. The topological polar surface area (TPSA) is 41.6 Å². The van der Waals surface area contributed by atoms with Gasteiger partial charge in [0.25, 0.3) is 0 Å². The number of ether oxygens (including phenoxy) is 1. The molecule has 0 bridgehead atoms. The number of carbonyl (C=O) groups excluding carboxylic acids is 1. The van der Waals surface area contributed by atoms with Gasteiger partial charge in [0.2, 0.25) is 0 Å². The van der Waals surface area contributed by atoms with Crippen molar-refractivity contribution in [3.63, 3.8) is 0 Å². The second kappa shape index (κ2) is 6.02. The van der Waals surface area contributed by atoms with Gasteiger partial charge in [0.1, 0.15) is 11.4 Å². The molecule has 0 spiro atoms. The van der Waals surface area contributed by atoms with Crippen molar-refractivity contribution in [1.82, 2.24) is 10.2 Å². The summed E-state index contributed by atoms with van der Waals surface area (Å²) in [5, 5.41) is 3.28. The summed E-state index contributed by atoms with van der Waals surface area (Å²) >= 11 is 0. The Labute approximate surface area is 125 Å². The van der Waals surface area contributed by atoms with E-state index in [0.717, 1.165) is 17.7 Å². The molecule has 4 nitrogen and oxygen atoms in total. The van der Waals surface area contributed by atoms with Gasteiger partial charge in [-0.05, 0) is 51.0 Å². The van der Waals surface area contributed by atoms with Crippen LogP contribution in [0.5, 0.6) is 0 Å². The molecule has 1 aliphatic rings. The summed E-state index contributed by atoms with van der Waals surface area (Å²) in [6.45, 7) is 9.38. The molecule has 0 aromatic heterocycles. The van der Waals surface area contributed by atoms with Crippen molar-refractivity contribution >= 4 is 6.09 Å². The zero-order valence-corrected chi connectivity index (χ0v) is 13.1. The van der Waals surface area contributed by atoms with E-state index in [0.29, 0.717) is 13.1 Å². The van der Waals surface area contributed by atoms with Crippen molar-refractivity contribution in [3.8, 4) is 0 Å². The molecule has 0 aliphatic carbocycles. The van der Waals surface area contributed by atoms with Gasteiger partial charge in [-0.25, -0.2) is 9.18 Å². The first kappa shape index (κ1) is 15.8. The van der Waals surface area contributed by atoms with Crippen LogP contribution in [0, 0.1) is 12.7 Å². The summed E-state index contributed by atoms with van der Waals surface area (Å²) < 4.78 is 18.7. The SMILES string of the molecule is Cc1cc(F)ccc1C1CNCCN1C(=O)OC(C)(C)C. The molecule has 1 saturated heterocycles. The zero-order valence-electron chi connectivity index (χ0n) is 13.1. The summed E-state index contributed by atoms with van der Waals surface area (Å²) in [4.78, 5) is 14.1. The van der Waals surface area contributed by atoms with Crippen LogP contribution >= 0.6 is 0 Å². The Hall–Kier alpha value is -1.62. The van der Waals surface area contributed by atoms with Gasteiger partial charge >= 0.3 is 6.09 Å². The third-order valence-corrected chi connectivity index (χ3v) is 3.46. The van der Waals surface area contributed by atoms with Gasteiger partial charge in [-0.2, -0.15) is 0 Å². The van der Waals surface area contributed by atoms with Crippen molar-refractivity contribution in [2.24, 2.45) is 0 Å². The van der Waals surface area contributed by atoms with Crippen LogP contribution in [0.4, 0.5) is 9.18 Å². The third kappa shape index (κ3) is 3.94. The van der Waals surface area contributed by atoms with Crippen LogP contribution in [-0.4, -0.2) is 36.2 Å². The van der Waals surface area contributed by atoms with Crippen LogP contribution in [-0.2, 0) is 4.74 Å². The summed E-state index contributed by atoms with van der Waals surface area (Å²) in [6.07, 6.45) is -0.322. The highest BCUT2D eigenvalue weighted by molar-refractivity contribution is 5.69. The largest absolute Gasteiger partial charge is 0.444 e. The number of benzene rings is 1. The van der Waals surface area contributed by atoms with E-state index in [1.165, 1.54) is 12.1 Å². The van der Waals surface area contributed by atoms with E-state index < -0.39 is 5.60 Å². The van der Waals surface area contributed by atoms with Crippen molar-refractivity contribution in [1.29, 1.82) is 0 Å². The highest BCUT2D eigenvalue weighted by Gasteiger charge is 2.32. The summed E-state index contributed by atoms with van der Waals surface area (Å²) in [6, 6.07) is 4.55. The lowest BCUT2D eigenvalue weighted by molar-refractivity contribution is 0.0117. The van der Waals surface area contributed by atoms with E-state index in [-0.39, 0.29) is 18.0 Å². The maximum Gasteiger partial charge on any atom is 0.410 e. The second-order valence-corrected chi connectivity index (χ2v) is 6.39. The Morgan fingerprint density at radius 1 is 1.43 bits per heavy atom. The van der Waals surface area contributed by atoms with Crippen LogP contribution in [0.1, 0.15) is 37.9 Å². The first-order valence-corrected chi connectivity index (χ1v) is 7.24. The first-order chi connectivity index (χ1) is 9.78. The molecule has 0 saturated carbocycles. The fourth-order valence-electron chi connectivity index (χ4n) is 2.53. The number of aryl methyl sites for hydroxylation is 1. The Balaban J connectivity index is 2.24. The second-order valence-electron chi connectivity index (χ2n) is 6.39. The van der Waals surface area contributed by atoms with Crippen LogP contribution in [0.15, 0.2) is 18.2 Å². The number of halogens is 1. The molecule has 21 heavy (non-hydrogen) atoms. The Kier molecular flexibility index (Phi) is 4.52. The summed E-state index contributed by atoms with van der Waals surface area (Å²) in [7, 11) is 0. The highest BCUT2D eigenvalue weighted by atomic mass is 19.1. The predicted molar refractivity (Wildman–Crippen MR) is 79.7 cm³/mol. The minimum atomic E-state index is -0.523. The molecule has 2 rings (SSSR count). The Bertz CT molecular complexity index is 525. The first-order valence-electron chi connectivity index (χ1n) is 7.24. The number of nitrogens with one attached hydrogen (secondary N) is 1. The van der Waals surface area contributed by atoms with Gasteiger partial charge in [0.15, 0.2) is 0 Å². The molecular weight excluding hydrogens is 271 g/mol. The van der Waals surface area contributed by atoms with Crippen LogP contribution in [0.2, 0.25) is 0 Å². The molecule has 1 aliphatic heterocycles. The number of hydrogen-bond acceptors (Lipinski definition) is 3. The molecule has 1 aromatic carbocycles. The fourth-order valence-corrected chi connectivity index (χ4v) is 2.53. The van der Waals surface area contributed by atoms with Gasteiger partial charge in [-0.3, -0.25) is 4.90 Å².